The summed E-state index contributed by atoms with van der Waals surface area (Å²) in [5, 5.41) is 0. The summed E-state index contributed by atoms with van der Waals surface area (Å²) in [7, 11) is 0. The number of hydrogen-bond donors (Lipinski definition) is 0. The Labute approximate surface area is 126 Å². The van der Waals surface area contributed by atoms with Crippen molar-refractivity contribution in [3.05, 3.63) is 56.5 Å². The van der Waals surface area contributed by atoms with Crippen molar-refractivity contribution in [1.82, 2.24) is 0 Å². The molecular formula is C14H11BrF4S. The molecular weight excluding hydrogens is 356 g/mol. The molecule has 1 unspecified atom stereocenters. The van der Waals surface area contributed by atoms with E-state index in [1.807, 2.05) is 19.9 Å². The Morgan fingerprint density at radius 3 is 2.35 bits per heavy atom. The van der Waals surface area contributed by atoms with Crippen molar-refractivity contribution < 1.29 is 17.6 Å². The molecule has 2 aromatic rings. The van der Waals surface area contributed by atoms with Gasteiger partial charge in [0.15, 0.2) is 0 Å². The lowest BCUT2D eigenvalue weighted by Crippen LogP contribution is -2.10. The lowest BCUT2D eigenvalue weighted by Gasteiger charge is -2.15. The molecule has 0 nitrogen and oxygen atoms in total. The summed E-state index contributed by atoms with van der Waals surface area (Å²) < 4.78 is 52.3. The largest absolute Gasteiger partial charge is 0.419 e. The van der Waals surface area contributed by atoms with Gasteiger partial charge in [0, 0.05) is 15.3 Å². The highest BCUT2D eigenvalue weighted by atomic mass is 79.9. The SMILES string of the molecule is Cc1cc(C)c(C(Br)c2cccc(C(F)(F)F)c2F)s1. The van der Waals surface area contributed by atoms with Crippen molar-refractivity contribution in [1.29, 1.82) is 0 Å². The zero-order valence-corrected chi connectivity index (χ0v) is 13.1. The molecule has 1 heterocycles. The third kappa shape index (κ3) is 2.91. The maximum atomic E-state index is 14.1. The average molecular weight is 367 g/mol. The van der Waals surface area contributed by atoms with Crippen molar-refractivity contribution in [2.75, 3.05) is 0 Å². The standard InChI is InChI=1S/C14H11BrF4S/c1-7-6-8(2)20-13(7)11(15)9-4-3-5-10(12(9)16)14(17,18)19/h3-6,11H,1-2H3. The van der Waals surface area contributed by atoms with Crippen LogP contribution in [0.15, 0.2) is 24.3 Å². The summed E-state index contributed by atoms with van der Waals surface area (Å²) in [5.41, 5.74) is -0.290. The normalized spacial score (nSPS) is 13.6. The maximum absolute atomic E-state index is 14.1. The van der Waals surface area contributed by atoms with E-state index < -0.39 is 22.4 Å². The highest BCUT2D eigenvalue weighted by Gasteiger charge is 2.35. The second-order valence-electron chi connectivity index (χ2n) is 4.47. The van der Waals surface area contributed by atoms with Crippen LogP contribution < -0.4 is 0 Å². The predicted molar refractivity (Wildman–Crippen MR) is 76.0 cm³/mol. The molecule has 0 amide bonds. The quantitative estimate of drug-likeness (QED) is 0.451. The van der Waals surface area contributed by atoms with Crippen molar-refractivity contribution in [2.45, 2.75) is 24.9 Å². The van der Waals surface area contributed by atoms with E-state index in [-0.39, 0.29) is 5.56 Å². The minimum Gasteiger partial charge on any atom is -0.206 e. The molecule has 0 saturated heterocycles. The van der Waals surface area contributed by atoms with Crippen LogP contribution in [0.4, 0.5) is 17.6 Å². The number of hydrogen-bond acceptors (Lipinski definition) is 1. The van der Waals surface area contributed by atoms with E-state index in [9.17, 15) is 17.6 Å². The van der Waals surface area contributed by atoms with Crippen LogP contribution in [0.5, 0.6) is 0 Å². The fourth-order valence-corrected chi connectivity index (χ4v) is 4.04. The number of benzene rings is 1. The minimum atomic E-state index is -4.69. The Morgan fingerprint density at radius 1 is 1.20 bits per heavy atom. The van der Waals surface area contributed by atoms with Gasteiger partial charge in [-0.2, -0.15) is 13.2 Å². The third-order valence-corrected chi connectivity index (χ3v) is 5.39. The Kier molecular flexibility index (Phi) is 4.25. The average Bonchev–Trinajstić information content (AvgIpc) is 2.66. The van der Waals surface area contributed by atoms with Crippen LogP contribution in [0.3, 0.4) is 0 Å². The molecule has 0 N–H and O–H groups in total. The topological polar surface area (TPSA) is 0 Å². The van der Waals surface area contributed by atoms with E-state index in [1.165, 1.54) is 23.5 Å². The molecule has 1 aromatic carbocycles. The molecule has 1 atom stereocenters. The Bertz CT molecular complexity index is 631. The van der Waals surface area contributed by atoms with Gasteiger partial charge in [0.05, 0.1) is 10.4 Å². The highest BCUT2D eigenvalue weighted by molar-refractivity contribution is 9.09. The summed E-state index contributed by atoms with van der Waals surface area (Å²) in [6, 6.07) is 5.29. The summed E-state index contributed by atoms with van der Waals surface area (Å²) in [6.07, 6.45) is -4.69. The zero-order chi connectivity index (χ0) is 15.1. The number of rotatable bonds is 2. The molecule has 0 aliphatic rings. The summed E-state index contributed by atoms with van der Waals surface area (Å²) in [4.78, 5) is 1.28. The first-order valence-electron chi connectivity index (χ1n) is 5.78. The minimum absolute atomic E-state index is 0.00442. The van der Waals surface area contributed by atoms with Crippen molar-refractivity contribution in [3.63, 3.8) is 0 Å². The molecule has 20 heavy (non-hydrogen) atoms. The van der Waals surface area contributed by atoms with Crippen LogP contribution >= 0.6 is 27.3 Å². The van der Waals surface area contributed by atoms with Gasteiger partial charge in [-0.15, -0.1) is 11.3 Å². The predicted octanol–water partition coefficient (Wildman–Crippen LogP) is 6.01. The molecule has 0 radical (unpaired) electrons. The fraction of sp³-hybridized carbons (Fsp3) is 0.286. The molecule has 0 aliphatic carbocycles. The lowest BCUT2D eigenvalue weighted by atomic mass is 10.0. The highest BCUT2D eigenvalue weighted by Crippen LogP contribution is 2.41. The van der Waals surface area contributed by atoms with E-state index >= 15 is 0 Å². The van der Waals surface area contributed by atoms with E-state index in [0.29, 0.717) is 0 Å². The van der Waals surface area contributed by atoms with Crippen LogP contribution in [-0.2, 0) is 6.18 Å². The van der Waals surface area contributed by atoms with Gasteiger partial charge in [0.2, 0.25) is 0 Å². The van der Waals surface area contributed by atoms with Gasteiger partial charge in [-0.1, -0.05) is 28.1 Å². The van der Waals surface area contributed by atoms with Crippen LogP contribution in [0.1, 0.15) is 31.3 Å². The van der Waals surface area contributed by atoms with Gasteiger partial charge >= 0.3 is 6.18 Å². The molecule has 108 valence electrons. The first-order valence-corrected chi connectivity index (χ1v) is 7.51. The van der Waals surface area contributed by atoms with Gasteiger partial charge < -0.3 is 0 Å². The van der Waals surface area contributed by atoms with Gasteiger partial charge in [-0.05, 0) is 31.5 Å². The van der Waals surface area contributed by atoms with Gasteiger partial charge in [0.25, 0.3) is 0 Å². The molecule has 0 spiro atoms. The number of thiophene rings is 1. The smallest absolute Gasteiger partial charge is 0.206 e. The fourth-order valence-electron chi connectivity index (χ4n) is 2.02. The summed E-state index contributed by atoms with van der Waals surface area (Å²) >= 11 is 4.76. The zero-order valence-electron chi connectivity index (χ0n) is 10.7. The molecule has 6 heteroatoms. The van der Waals surface area contributed by atoms with E-state index in [0.717, 1.165) is 21.4 Å². The Hall–Kier alpha value is -0.880. The number of alkyl halides is 4. The molecule has 0 aliphatic heterocycles. The van der Waals surface area contributed by atoms with Gasteiger partial charge in [0.1, 0.15) is 5.82 Å². The second-order valence-corrected chi connectivity index (χ2v) is 6.68. The molecule has 0 bridgehead atoms. The Morgan fingerprint density at radius 2 is 1.85 bits per heavy atom. The van der Waals surface area contributed by atoms with Crippen molar-refractivity contribution in [3.8, 4) is 0 Å². The van der Waals surface area contributed by atoms with Gasteiger partial charge in [-0.25, -0.2) is 4.39 Å². The maximum Gasteiger partial charge on any atom is 0.419 e. The molecule has 2 rings (SSSR count). The number of halogens is 5. The van der Waals surface area contributed by atoms with E-state index in [1.54, 1.807) is 0 Å². The van der Waals surface area contributed by atoms with Gasteiger partial charge in [-0.3, -0.25) is 0 Å². The first kappa shape index (κ1) is 15.5. The molecule has 0 saturated carbocycles. The van der Waals surface area contributed by atoms with E-state index in [4.69, 9.17) is 0 Å². The van der Waals surface area contributed by atoms with Crippen LogP contribution in [0, 0.1) is 19.7 Å². The van der Waals surface area contributed by atoms with Crippen molar-refractivity contribution >= 4 is 27.3 Å². The molecule has 0 fully saturated rings. The lowest BCUT2D eigenvalue weighted by molar-refractivity contribution is -0.140. The first-order chi connectivity index (χ1) is 9.21. The van der Waals surface area contributed by atoms with Crippen LogP contribution in [-0.4, -0.2) is 0 Å². The third-order valence-electron chi connectivity index (χ3n) is 2.92. The Balaban J connectivity index is 2.51. The summed E-state index contributed by atoms with van der Waals surface area (Å²) in [5.74, 6) is -1.22. The summed E-state index contributed by atoms with van der Waals surface area (Å²) in [6.45, 7) is 3.77. The van der Waals surface area contributed by atoms with Crippen LogP contribution in [0.25, 0.3) is 0 Å². The second kappa shape index (κ2) is 5.48. The molecule has 1 aromatic heterocycles. The van der Waals surface area contributed by atoms with E-state index in [2.05, 4.69) is 15.9 Å². The monoisotopic (exact) mass is 366 g/mol. The van der Waals surface area contributed by atoms with Crippen LogP contribution in [0.2, 0.25) is 0 Å². The number of aryl methyl sites for hydroxylation is 2. The van der Waals surface area contributed by atoms with Crippen molar-refractivity contribution in [2.24, 2.45) is 0 Å².